The molecular weight excluding hydrogens is 326 g/mol. The molecule has 0 unspecified atom stereocenters. The monoisotopic (exact) mass is 353 g/mol. The van der Waals surface area contributed by atoms with E-state index >= 15 is 0 Å². The highest BCUT2D eigenvalue weighted by Crippen LogP contribution is 2.39. The van der Waals surface area contributed by atoms with Crippen LogP contribution in [0.2, 0.25) is 0 Å². The number of halogens is 1. The first-order valence-electron chi connectivity index (χ1n) is 8.85. The van der Waals surface area contributed by atoms with Crippen LogP contribution >= 0.6 is 23.7 Å². The first-order chi connectivity index (χ1) is 10.8. The summed E-state index contributed by atoms with van der Waals surface area (Å²) in [5.74, 6) is 1.20. The minimum atomic E-state index is 0. The molecular formula is C18H28ClN3S. The van der Waals surface area contributed by atoms with Crippen LogP contribution in [0.3, 0.4) is 0 Å². The van der Waals surface area contributed by atoms with Crippen LogP contribution in [0, 0.1) is 0 Å². The lowest BCUT2D eigenvalue weighted by Gasteiger charge is -2.25. The maximum Gasteiger partial charge on any atom is 0.141 e. The van der Waals surface area contributed by atoms with Crippen molar-refractivity contribution in [2.45, 2.75) is 65.2 Å². The second-order valence-corrected chi connectivity index (χ2v) is 7.37. The molecule has 2 aromatic rings. The van der Waals surface area contributed by atoms with E-state index in [4.69, 9.17) is 4.98 Å². The Bertz CT molecular complexity index is 618. The van der Waals surface area contributed by atoms with Gasteiger partial charge in [0.1, 0.15) is 17.0 Å². The molecule has 0 aliphatic heterocycles. The smallest absolute Gasteiger partial charge is 0.141 e. The highest BCUT2D eigenvalue weighted by molar-refractivity contribution is 7.19. The number of nitrogens with zero attached hydrogens (tertiary/aromatic N) is 3. The normalized spacial score (nSPS) is 13.7. The van der Waals surface area contributed by atoms with E-state index in [2.05, 4.69) is 23.7 Å². The van der Waals surface area contributed by atoms with Gasteiger partial charge in [-0.25, -0.2) is 9.97 Å². The molecule has 0 bridgehead atoms. The Balaban J connectivity index is 0.00000192. The second kappa shape index (κ2) is 8.84. The number of anilines is 1. The van der Waals surface area contributed by atoms with Crippen molar-refractivity contribution in [3.63, 3.8) is 0 Å². The predicted molar refractivity (Wildman–Crippen MR) is 103 cm³/mol. The Labute approximate surface area is 149 Å². The highest BCUT2D eigenvalue weighted by Gasteiger charge is 2.22. The summed E-state index contributed by atoms with van der Waals surface area (Å²) in [6, 6.07) is 0. The van der Waals surface area contributed by atoms with E-state index in [0.29, 0.717) is 0 Å². The lowest BCUT2D eigenvalue weighted by atomic mass is 9.97. The molecule has 5 heteroatoms. The van der Waals surface area contributed by atoms with Gasteiger partial charge >= 0.3 is 0 Å². The van der Waals surface area contributed by atoms with Gasteiger partial charge in [0.15, 0.2) is 0 Å². The topological polar surface area (TPSA) is 29.0 Å². The third kappa shape index (κ3) is 3.97. The van der Waals surface area contributed by atoms with Crippen LogP contribution in [0.15, 0.2) is 6.33 Å². The number of unbranched alkanes of at least 4 members (excludes halogenated alkanes) is 2. The van der Waals surface area contributed by atoms with Crippen molar-refractivity contribution < 1.29 is 0 Å². The van der Waals surface area contributed by atoms with Crippen molar-refractivity contribution in [3.8, 4) is 0 Å². The lowest BCUT2D eigenvalue weighted by Crippen LogP contribution is -2.27. The molecule has 23 heavy (non-hydrogen) atoms. The molecule has 0 radical (unpaired) electrons. The fourth-order valence-corrected chi connectivity index (χ4v) is 4.56. The van der Waals surface area contributed by atoms with E-state index in [0.717, 1.165) is 13.1 Å². The maximum atomic E-state index is 4.71. The Morgan fingerprint density at radius 1 is 1.04 bits per heavy atom. The Morgan fingerprint density at radius 2 is 1.74 bits per heavy atom. The summed E-state index contributed by atoms with van der Waals surface area (Å²) >= 11 is 1.90. The van der Waals surface area contributed by atoms with Crippen LogP contribution in [-0.2, 0) is 12.8 Å². The Hall–Kier alpha value is -0.870. The fourth-order valence-electron chi connectivity index (χ4n) is 3.33. The van der Waals surface area contributed by atoms with Crippen LogP contribution < -0.4 is 4.90 Å². The number of fused-ring (bicyclic) bond motifs is 3. The van der Waals surface area contributed by atoms with Crippen molar-refractivity contribution in [1.82, 2.24) is 9.97 Å². The van der Waals surface area contributed by atoms with E-state index < -0.39 is 0 Å². The first-order valence-corrected chi connectivity index (χ1v) is 9.67. The summed E-state index contributed by atoms with van der Waals surface area (Å²) in [5.41, 5.74) is 1.56. The molecule has 0 spiro atoms. The van der Waals surface area contributed by atoms with Gasteiger partial charge in [0.05, 0.1) is 5.39 Å². The standard InChI is InChI=1S/C18H27N3S.ClH/c1-3-5-11-21(12-6-4-2)17-16-14-9-7-8-10-15(14)22-18(16)20-13-19-17;/h13H,3-12H2,1-2H3;1H. The molecule has 0 saturated carbocycles. The summed E-state index contributed by atoms with van der Waals surface area (Å²) in [6.45, 7) is 6.76. The van der Waals surface area contributed by atoms with E-state index in [9.17, 15) is 0 Å². The van der Waals surface area contributed by atoms with Crippen molar-refractivity contribution in [3.05, 3.63) is 16.8 Å². The fraction of sp³-hybridized carbons (Fsp3) is 0.667. The molecule has 3 nitrogen and oxygen atoms in total. The Morgan fingerprint density at radius 3 is 2.43 bits per heavy atom. The summed E-state index contributed by atoms with van der Waals surface area (Å²) in [6.07, 6.45) is 11.8. The van der Waals surface area contributed by atoms with E-state index in [-0.39, 0.29) is 12.4 Å². The average molecular weight is 354 g/mol. The quantitative estimate of drug-likeness (QED) is 0.667. The van der Waals surface area contributed by atoms with Gasteiger partial charge in [-0.2, -0.15) is 0 Å². The van der Waals surface area contributed by atoms with Gasteiger partial charge in [0.2, 0.25) is 0 Å². The molecule has 0 saturated heterocycles. The molecule has 0 amide bonds. The van der Waals surface area contributed by atoms with Crippen molar-refractivity contribution in [2.75, 3.05) is 18.0 Å². The van der Waals surface area contributed by atoms with Crippen LogP contribution in [0.4, 0.5) is 5.82 Å². The summed E-state index contributed by atoms with van der Waals surface area (Å²) in [7, 11) is 0. The molecule has 0 atom stereocenters. The van der Waals surface area contributed by atoms with Gasteiger partial charge in [0, 0.05) is 18.0 Å². The lowest BCUT2D eigenvalue weighted by molar-refractivity contribution is 0.671. The van der Waals surface area contributed by atoms with Crippen LogP contribution in [0.5, 0.6) is 0 Å². The number of aromatic nitrogens is 2. The van der Waals surface area contributed by atoms with Crippen LogP contribution in [0.1, 0.15) is 62.8 Å². The third-order valence-corrected chi connectivity index (χ3v) is 5.79. The average Bonchev–Trinajstić information content (AvgIpc) is 2.94. The maximum absolute atomic E-state index is 4.71. The molecule has 0 fully saturated rings. The summed E-state index contributed by atoms with van der Waals surface area (Å²) < 4.78 is 0. The molecule has 128 valence electrons. The zero-order valence-corrected chi connectivity index (χ0v) is 15.9. The van der Waals surface area contributed by atoms with E-state index in [1.54, 1.807) is 16.8 Å². The second-order valence-electron chi connectivity index (χ2n) is 6.28. The van der Waals surface area contributed by atoms with Gasteiger partial charge in [0.25, 0.3) is 0 Å². The summed E-state index contributed by atoms with van der Waals surface area (Å²) in [5, 5.41) is 1.37. The number of hydrogen-bond acceptors (Lipinski definition) is 4. The van der Waals surface area contributed by atoms with Gasteiger partial charge in [-0.3, -0.25) is 0 Å². The van der Waals surface area contributed by atoms with Crippen molar-refractivity contribution in [1.29, 1.82) is 0 Å². The zero-order chi connectivity index (χ0) is 15.4. The molecule has 3 rings (SSSR count). The van der Waals surface area contributed by atoms with Crippen molar-refractivity contribution in [2.24, 2.45) is 0 Å². The van der Waals surface area contributed by atoms with Crippen LogP contribution in [0.25, 0.3) is 10.2 Å². The van der Waals surface area contributed by atoms with E-state index in [1.165, 1.54) is 67.4 Å². The van der Waals surface area contributed by atoms with Gasteiger partial charge < -0.3 is 4.90 Å². The largest absolute Gasteiger partial charge is 0.356 e. The molecule has 1 aliphatic rings. The molecule has 2 aromatic heterocycles. The number of aryl methyl sites for hydroxylation is 2. The third-order valence-electron chi connectivity index (χ3n) is 4.59. The van der Waals surface area contributed by atoms with Crippen LogP contribution in [-0.4, -0.2) is 23.1 Å². The Kier molecular flexibility index (Phi) is 7.09. The molecule has 2 heterocycles. The van der Waals surface area contributed by atoms with Gasteiger partial charge in [-0.1, -0.05) is 26.7 Å². The zero-order valence-electron chi connectivity index (χ0n) is 14.3. The van der Waals surface area contributed by atoms with Gasteiger partial charge in [-0.15, -0.1) is 23.7 Å². The molecule has 1 aliphatic carbocycles. The van der Waals surface area contributed by atoms with E-state index in [1.807, 2.05) is 11.3 Å². The van der Waals surface area contributed by atoms with Gasteiger partial charge in [-0.05, 0) is 44.1 Å². The minimum absolute atomic E-state index is 0. The first kappa shape index (κ1) is 18.5. The predicted octanol–water partition coefficient (Wildman–Crippen LogP) is 5.40. The highest BCUT2D eigenvalue weighted by atomic mass is 35.5. The number of rotatable bonds is 7. The number of thiophene rings is 1. The van der Waals surface area contributed by atoms with Crippen molar-refractivity contribution >= 4 is 39.8 Å². The molecule has 0 N–H and O–H groups in total. The minimum Gasteiger partial charge on any atom is -0.356 e. The summed E-state index contributed by atoms with van der Waals surface area (Å²) in [4.78, 5) is 14.6. The number of hydrogen-bond donors (Lipinski definition) is 0. The molecule has 0 aromatic carbocycles. The SMILES string of the molecule is CCCCN(CCCC)c1ncnc2sc3c(c12)CCCC3.Cl.